The lowest BCUT2D eigenvalue weighted by atomic mass is 9.93. The average Bonchev–Trinajstić information content (AvgIpc) is 3.80. The Balaban J connectivity index is 1.42. The molecular formula is C36H45N5O6S3. The summed E-state index contributed by atoms with van der Waals surface area (Å²) >= 11 is 4.25. The first kappa shape index (κ1) is 38.8. The van der Waals surface area contributed by atoms with Crippen molar-refractivity contribution in [1.82, 2.24) is 25.9 Å². The number of aliphatic hydroxyl groups is 1. The van der Waals surface area contributed by atoms with E-state index in [9.17, 15) is 19.5 Å². The van der Waals surface area contributed by atoms with Crippen molar-refractivity contribution in [2.45, 2.75) is 88.7 Å². The Kier molecular flexibility index (Phi) is 15.5. The van der Waals surface area contributed by atoms with Crippen LogP contribution in [0.25, 0.3) is 0 Å². The molecule has 4 rings (SSSR count). The predicted molar refractivity (Wildman–Crippen MR) is 197 cm³/mol. The van der Waals surface area contributed by atoms with Crippen LogP contribution in [-0.2, 0) is 33.7 Å². The van der Waals surface area contributed by atoms with Gasteiger partial charge in [0.2, 0.25) is 5.91 Å². The number of rotatable bonds is 18. The van der Waals surface area contributed by atoms with E-state index in [1.165, 1.54) is 23.1 Å². The molecule has 0 saturated carbocycles. The van der Waals surface area contributed by atoms with Gasteiger partial charge in [0.05, 0.1) is 17.2 Å². The highest BCUT2D eigenvalue weighted by Crippen LogP contribution is 2.25. The molecule has 0 radical (unpaired) electrons. The van der Waals surface area contributed by atoms with Crippen LogP contribution < -0.4 is 16.0 Å². The lowest BCUT2D eigenvalue weighted by Crippen LogP contribution is -2.54. The number of nitrogens with zero attached hydrogens (tertiary/aromatic N) is 2. The third-order valence-corrected chi connectivity index (χ3v) is 10.5. The largest absolute Gasteiger partial charge is 0.442 e. The van der Waals surface area contributed by atoms with Crippen LogP contribution in [0.1, 0.15) is 61.2 Å². The van der Waals surface area contributed by atoms with Gasteiger partial charge < -0.3 is 30.5 Å². The fraction of sp³-hybridized carbons (Fsp3) is 0.417. The number of hydrogen-bond donors (Lipinski definition) is 4. The molecular weight excluding hydrogens is 695 g/mol. The van der Waals surface area contributed by atoms with E-state index in [4.69, 9.17) is 9.47 Å². The molecule has 2 aromatic heterocycles. The van der Waals surface area contributed by atoms with E-state index in [2.05, 4.69) is 39.8 Å². The van der Waals surface area contributed by atoms with Crippen molar-refractivity contribution in [2.75, 3.05) is 5.94 Å². The van der Waals surface area contributed by atoms with E-state index in [0.29, 0.717) is 23.8 Å². The number of nitrogens with one attached hydrogen (secondary N) is 3. The van der Waals surface area contributed by atoms with Crippen molar-refractivity contribution in [3.8, 4) is 0 Å². The van der Waals surface area contributed by atoms with Crippen LogP contribution in [0.5, 0.6) is 0 Å². The molecule has 4 atom stereocenters. The van der Waals surface area contributed by atoms with E-state index in [1.807, 2.05) is 79.9 Å². The fourth-order valence-electron chi connectivity index (χ4n) is 5.09. The molecule has 268 valence electrons. The molecule has 2 heterocycles. The quantitative estimate of drug-likeness (QED) is 0.0659. The minimum atomic E-state index is -1.06. The monoisotopic (exact) mass is 739 g/mol. The lowest BCUT2D eigenvalue weighted by Gasteiger charge is -2.30. The van der Waals surface area contributed by atoms with Gasteiger partial charge in [-0.3, -0.25) is 4.79 Å². The summed E-state index contributed by atoms with van der Waals surface area (Å²) in [6.45, 7) is 7.82. The Morgan fingerprint density at radius 2 is 1.52 bits per heavy atom. The SMILES string of the molecule is CC(C)c1nc(SCOC(=O)N[C@H](C(=O)N[C@@H](Cc2ccccc2)C[C@H](O)[C@H](Cc2ccccc2)NC(=O)OCc2nccs2)C(C)C)cs1. The summed E-state index contributed by atoms with van der Waals surface area (Å²) in [6.07, 6.45) is 0.0360. The smallest absolute Gasteiger partial charge is 0.408 e. The fourth-order valence-corrected chi connectivity index (χ4v) is 7.23. The van der Waals surface area contributed by atoms with Crippen molar-refractivity contribution >= 4 is 52.5 Å². The van der Waals surface area contributed by atoms with Crippen LogP contribution in [-0.4, -0.2) is 63.3 Å². The summed E-state index contributed by atoms with van der Waals surface area (Å²) in [5.41, 5.74) is 1.87. The van der Waals surface area contributed by atoms with E-state index >= 15 is 0 Å². The number of thioether (sulfide) groups is 1. The number of aromatic nitrogens is 2. The number of hydrogen-bond acceptors (Lipinski definition) is 11. The molecule has 0 fully saturated rings. The Bertz CT molecular complexity index is 1600. The molecule has 3 amide bonds. The summed E-state index contributed by atoms with van der Waals surface area (Å²) in [5, 5.41) is 26.4. The summed E-state index contributed by atoms with van der Waals surface area (Å²) in [7, 11) is 0. The van der Waals surface area contributed by atoms with Gasteiger partial charge in [-0.15, -0.1) is 22.7 Å². The summed E-state index contributed by atoms with van der Waals surface area (Å²) in [6, 6.07) is 17.0. The highest BCUT2D eigenvalue weighted by molar-refractivity contribution is 7.99. The third kappa shape index (κ3) is 13.0. The average molecular weight is 740 g/mol. The molecule has 4 aromatic rings. The summed E-state index contributed by atoms with van der Waals surface area (Å²) in [5.74, 6) is -0.304. The Labute approximate surface area is 305 Å². The zero-order valence-corrected chi connectivity index (χ0v) is 31.1. The molecule has 4 N–H and O–H groups in total. The van der Waals surface area contributed by atoms with Gasteiger partial charge in [0.25, 0.3) is 0 Å². The second kappa shape index (κ2) is 20.0. The molecule has 0 unspecified atom stereocenters. The van der Waals surface area contributed by atoms with Crippen LogP contribution >= 0.6 is 34.4 Å². The second-order valence-corrected chi connectivity index (χ2v) is 15.2. The molecule has 0 aliphatic heterocycles. The maximum atomic E-state index is 13.7. The van der Waals surface area contributed by atoms with Gasteiger partial charge in [0.15, 0.2) is 0 Å². The summed E-state index contributed by atoms with van der Waals surface area (Å²) < 4.78 is 10.8. The summed E-state index contributed by atoms with van der Waals surface area (Å²) in [4.78, 5) is 48.0. The van der Waals surface area contributed by atoms with Gasteiger partial charge in [-0.05, 0) is 36.3 Å². The Hall–Kier alpha value is -3.98. The predicted octanol–water partition coefficient (Wildman–Crippen LogP) is 6.54. The van der Waals surface area contributed by atoms with E-state index in [-0.39, 0.29) is 24.9 Å². The van der Waals surface area contributed by atoms with Gasteiger partial charge in [-0.25, -0.2) is 19.6 Å². The highest BCUT2D eigenvalue weighted by atomic mass is 32.2. The van der Waals surface area contributed by atoms with Gasteiger partial charge in [0.1, 0.15) is 28.6 Å². The molecule has 0 spiro atoms. The molecule has 0 saturated heterocycles. The van der Waals surface area contributed by atoms with Crippen LogP contribution in [0.3, 0.4) is 0 Å². The number of amides is 3. The van der Waals surface area contributed by atoms with Crippen LogP contribution in [0.2, 0.25) is 0 Å². The molecule has 11 nitrogen and oxygen atoms in total. The van der Waals surface area contributed by atoms with E-state index in [0.717, 1.165) is 21.2 Å². The standard InChI is InChI=1S/C36H45N5O6S3/c1-23(2)32(41-36(45)47-22-50-31-21-49-34(40-31)24(3)4)33(43)38-27(17-25-11-7-5-8-12-25)19-29(42)28(18-26-13-9-6-10-14-26)39-35(44)46-20-30-37-15-16-48-30/h5-16,21,23-24,27-29,32,42H,17-20,22H2,1-4H3,(H,38,43)(H,39,44)(H,41,45)/t27-,28-,29-,32-/m0/s1. The van der Waals surface area contributed by atoms with Crippen molar-refractivity contribution in [3.05, 3.63) is 98.8 Å². The molecule has 50 heavy (non-hydrogen) atoms. The minimum Gasteiger partial charge on any atom is -0.442 e. The molecule has 14 heteroatoms. The molecule has 2 aromatic carbocycles. The van der Waals surface area contributed by atoms with Crippen LogP contribution in [0.15, 0.2) is 82.6 Å². The molecule has 0 aliphatic rings. The number of benzene rings is 2. The van der Waals surface area contributed by atoms with Crippen LogP contribution in [0, 0.1) is 5.92 Å². The number of ether oxygens (including phenoxy) is 2. The first-order valence-corrected chi connectivity index (χ1v) is 19.2. The molecule has 0 aliphatic carbocycles. The van der Waals surface area contributed by atoms with Gasteiger partial charge in [0, 0.05) is 28.9 Å². The third-order valence-electron chi connectivity index (χ3n) is 7.69. The number of thiazole rings is 2. The normalized spacial score (nSPS) is 13.7. The van der Waals surface area contributed by atoms with E-state index < -0.39 is 42.3 Å². The van der Waals surface area contributed by atoms with Gasteiger partial charge >= 0.3 is 12.2 Å². The maximum Gasteiger partial charge on any atom is 0.408 e. The van der Waals surface area contributed by atoms with Crippen molar-refractivity contribution < 1.29 is 29.0 Å². The Morgan fingerprint density at radius 3 is 2.12 bits per heavy atom. The highest BCUT2D eigenvalue weighted by Gasteiger charge is 2.30. The maximum absolute atomic E-state index is 13.7. The van der Waals surface area contributed by atoms with E-state index in [1.54, 1.807) is 22.9 Å². The zero-order chi connectivity index (χ0) is 35.9. The van der Waals surface area contributed by atoms with Crippen molar-refractivity contribution in [2.24, 2.45) is 5.92 Å². The molecule has 0 bridgehead atoms. The number of aliphatic hydroxyl groups excluding tert-OH is 1. The number of alkyl carbamates (subject to hydrolysis) is 2. The zero-order valence-electron chi connectivity index (χ0n) is 28.6. The topological polar surface area (TPSA) is 152 Å². The van der Waals surface area contributed by atoms with Gasteiger partial charge in [-0.1, -0.05) is 100 Å². The van der Waals surface area contributed by atoms with Crippen molar-refractivity contribution in [1.29, 1.82) is 0 Å². The first-order chi connectivity index (χ1) is 24.1. The Morgan fingerprint density at radius 1 is 0.860 bits per heavy atom. The number of carbonyl (C=O) groups is 3. The first-order valence-electron chi connectivity index (χ1n) is 16.5. The van der Waals surface area contributed by atoms with Crippen LogP contribution in [0.4, 0.5) is 9.59 Å². The lowest BCUT2D eigenvalue weighted by molar-refractivity contribution is -0.125. The second-order valence-electron chi connectivity index (χ2n) is 12.4. The number of carbonyl (C=O) groups excluding carboxylic acids is 3. The van der Waals surface area contributed by atoms with Gasteiger partial charge in [-0.2, -0.15) is 0 Å². The minimum absolute atomic E-state index is 0.0129. The van der Waals surface area contributed by atoms with Crippen molar-refractivity contribution in [3.63, 3.8) is 0 Å².